The number of nitrogens with one attached hydrogen (secondary N) is 1. The van der Waals surface area contributed by atoms with E-state index in [1.54, 1.807) is 10.6 Å². The van der Waals surface area contributed by atoms with Crippen molar-refractivity contribution >= 4 is 17.0 Å². The van der Waals surface area contributed by atoms with Crippen LogP contribution < -0.4 is 5.69 Å². The lowest BCUT2D eigenvalue weighted by Crippen LogP contribution is -2.18. The van der Waals surface area contributed by atoms with Gasteiger partial charge in [0.25, 0.3) is 0 Å². The second kappa shape index (κ2) is 3.73. The minimum atomic E-state index is -0.987. The molecule has 5 heteroatoms. The fourth-order valence-electron chi connectivity index (χ4n) is 2.59. The van der Waals surface area contributed by atoms with E-state index >= 15 is 0 Å². The first-order valence-corrected chi connectivity index (χ1v) is 6.34. The van der Waals surface area contributed by atoms with Crippen LogP contribution in [0.4, 0.5) is 0 Å². The summed E-state index contributed by atoms with van der Waals surface area (Å²) in [5, 5.41) is 8.95. The first-order valence-electron chi connectivity index (χ1n) is 6.34. The molecular weight excluding hydrogens is 244 g/mol. The van der Waals surface area contributed by atoms with Crippen LogP contribution >= 0.6 is 0 Å². The normalized spacial score (nSPS) is 20.6. The minimum Gasteiger partial charge on any atom is -0.478 e. The Kier molecular flexibility index (Phi) is 2.36. The summed E-state index contributed by atoms with van der Waals surface area (Å²) < 4.78 is 1.71. The lowest BCUT2D eigenvalue weighted by Gasteiger charge is -2.05. The van der Waals surface area contributed by atoms with E-state index in [0.717, 1.165) is 11.9 Å². The topological polar surface area (TPSA) is 75.1 Å². The van der Waals surface area contributed by atoms with E-state index in [4.69, 9.17) is 5.11 Å². The number of H-pyrrole nitrogens is 1. The average molecular weight is 260 g/mol. The minimum absolute atomic E-state index is 0.166. The fraction of sp³-hybridized carbons (Fsp3) is 0.429. The number of carboxylic acid groups (broad SMARTS) is 1. The number of nitrogens with zero attached hydrogens (tertiary/aromatic N) is 1. The molecule has 1 heterocycles. The Morgan fingerprint density at radius 3 is 2.79 bits per heavy atom. The monoisotopic (exact) mass is 260 g/mol. The second-order valence-corrected chi connectivity index (χ2v) is 5.97. The van der Waals surface area contributed by atoms with Gasteiger partial charge in [-0.25, -0.2) is 9.59 Å². The molecule has 2 N–H and O–H groups in total. The number of carboxylic acids is 1. The van der Waals surface area contributed by atoms with Gasteiger partial charge >= 0.3 is 11.7 Å². The number of aromatic carboxylic acids is 1. The summed E-state index contributed by atoms with van der Waals surface area (Å²) >= 11 is 0. The Labute approximate surface area is 109 Å². The van der Waals surface area contributed by atoms with Crippen LogP contribution in [-0.4, -0.2) is 20.6 Å². The number of imidazole rings is 1. The molecule has 1 aliphatic carbocycles. The third-order valence-electron chi connectivity index (χ3n) is 4.14. The van der Waals surface area contributed by atoms with E-state index in [9.17, 15) is 9.59 Å². The number of hydrogen-bond acceptors (Lipinski definition) is 2. The number of hydrogen-bond donors (Lipinski definition) is 2. The summed E-state index contributed by atoms with van der Waals surface area (Å²) in [5.74, 6) is -0.470. The summed E-state index contributed by atoms with van der Waals surface area (Å²) in [4.78, 5) is 25.6. The molecule has 5 nitrogen and oxygen atoms in total. The molecule has 3 rings (SSSR count). The number of carbonyl (C=O) groups is 1. The summed E-state index contributed by atoms with van der Waals surface area (Å²) in [6.45, 7) is 5.08. The van der Waals surface area contributed by atoms with Crippen molar-refractivity contribution in [3.8, 4) is 0 Å². The van der Waals surface area contributed by atoms with Crippen LogP contribution in [0.25, 0.3) is 11.0 Å². The van der Waals surface area contributed by atoms with Gasteiger partial charge in [-0.1, -0.05) is 13.8 Å². The van der Waals surface area contributed by atoms with Crippen molar-refractivity contribution in [2.75, 3.05) is 0 Å². The van der Waals surface area contributed by atoms with Crippen LogP contribution in [0.5, 0.6) is 0 Å². The van der Waals surface area contributed by atoms with Gasteiger partial charge in [0.05, 0.1) is 16.6 Å². The lowest BCUT2D eigenvalue weighted by molar-refractivity contribution is 0.0697. The van der Waals surface area contributed by atoms with Gasteiger partial charge in [0.2, 0.25) is 0 Å². The van der Waals surface area contributed by atoms with Crippen LogP contribution in [0.3, 0.4) is 0 Å². The molecule has 100 valence electrons. The second-order valence-electron chi connectivity index (χ2n) is 5.97. The molecule has 0 saturated heterocycles. The zero-order chi connectivity index (χ0) is 13.8. The van der Waals surface area contributed by atoms with Gasteiger partial charge in [-0.05, 0) is 36.0 Å². The SMILES string of the molecule is CC1(C)CC1Cn1c(=O)[nH]c2cc(C(=O)O)ccc21. The Bertz CT molecular complexity index is 724. The zero-order valence-corrected chi connectivity index (χ0v) is 10.9. The van der Waals surface area contributed by atoms with Gasteiger partial charge in [-0.15, -0.1) is 0 Å². The van der Waals surface area contributed by atoms with E-state index in [-0.39, 0.29) is 11.3 Å². The summed E-state index contributed by atoms with van der Waals surface area (Å²) in [7, 11) is 0. The predicted octanol–water partition coefficient (Wildman–Crippen LogP) is 2.07. The Morgan fingerprint density at radius 2 is 2.21 bits per heavy atom. The van der Waals surface area contributed by atoms with E-state index in [1.165, 1.54) is 12.1 Å². The standard InChI is InChI=1S/C14H16N2O3/c1-14(2)6-9(14)7-16-11-4-3-8(12(17)18)5-10(11)15-13(16)19/h3-5,9H,6-7H2,1-2H3,(H,15,19)(H,17,18). The van der Waals surface area contributed by atoms with Crippen molar-refractivity contribution in [3.63, 3.8) is 0 Å². The van der Waals surface area contributed by atoms with Crippen LogP contribution in [0.15, 0.2) is 23.0 Å². The summed E-state index contributed by atoms with van der Waals surface area (Å²) in [6, 6.07) is 4.74. The molecule has 1 fully saturated rings. The molecule has 1 aromatic heterocycles. The van der Waals surface area contributed by atoms with Gasteiger partial charge in [0.15, 0.2) is 0 Å². The van der Waals surface area contributed by atoms with Crippen LogP contribution in [0.1, 0.15) is 30.6 Å². The largest absolute Gasteiger partial charge is 0.478 e. The number of aromatic nitrogens is 2. The van der Waals surface area contributed by atoms with Crippen molar-refractivity contribution in [3.05, 3.63) is 34.2 Å². The number of aromatic amines is 1. The van der Waals surface area contributed by atoms with E-state index < -0.39 is 5.97 Å². The molecule has 19 heavy (non-hydrogen) atoms. The third-order valence-corrected chi connectivity index (χ3v) is 4.14. The first-order chi connectivity index (χ1) is 8.88. The first kappa shape index (κ1) is 12.0. The number of rotatable bonds is 3. The lowest BCUT2D eigenvalue weighted by atomic mass is 10.1. The average Bonchev–Trinajstić information content (AvgIpc) is 2.80. The molecular formula is C14H16N2O3. The molecule has 1 saturated carbocycles. The molecule has 0 aliphatic heterocycles. The Morgan fingerprint density at radius 1 is 1.53 bits per heavy atom. The summed E-state index contributed by atoms with van der Waals surface area (Å²) in [6.07, 6.45) is 1.12. The van der Waals surface area contributed by atoms with Crippen molar-refractivity contribution in [2.24, 2.45) is 11.3 Å². The van der Waals surface area contributed by atoms with Crippen LogP contribution in [0, 0.1) is 11.3 Å². The molecule has 1 aromatic carbocycles. The Balaban J connectivity index is 2.03. The molecule has 0 spiro atoms. The van der Waals surface area contributed by atoms with E-state index in [1.807, 2.05) is 0 Å². The molecule has 0 amide bonds. The molecule has 1 unspecified atom stereocenters. The van der Waals surface area contributed by atoms with Crippen LogP contribution in [-0.2, 0) is 6.54 Å². The molecule has 0 bridgehead atoms. The highest BCUT2D eigenvalue weighted by atomic mass is 16.4. The fourth-order valence-corrected chi connectivity index (χ4v) is 2.59. The molecule has 2 aromatic rings. The number of fused-ring (bicyclic) bond motifs is 1. The maximum atomic E-state index is 12.0. The maximum Gasteiger partial charge on any atom is 0.335 e. The van der Waals surface area contributed by atoms with Gasteiger partial charge in [-0.2, -0.15) is 0 Å². The predicted molar refractivity (Wildman–Crippen MR) is 71.4 cm³/mol. The van der Waals surface area contributed by atoms with Gasteiger partial charge in [-0.3, -0.25) is 4.57 Å². The van der Waals surface area contributed by atoms with Crippen molar-refractivity contribution in [1.82, 2.24) is 9.55 Å². The molecule has 0 radical (unpaired) electrons. The van der Waals surface area contributed by atoms with E-state index in [0.29, 0.717) is 23.4 Å². The van der Waals surface area contributed by atoms with Crippen molar-refractivity contribution in [1.29, 1.82) is 0 Å². The highest BCUT2D eigenvalue weighted by Crippen LogP contribution is 2.52. The van der Waals surface area contributed by atoms with Crippen molar-refractivity contribution in [2.45, 2.75) is 26.8 Å². The third kappa shape index (κ3) is 1.95. The van der Waals surface area contributed by atoms with Gasteiger partial charge in [0.1, 0.15) is 0 Å². The van der Waals surface area contributed by atoms with Gasteiger partial charge < -0.3 is 10.1 Å². The number of benzene rings is 1. The molecule has 1 atom stereocenters. The Hall–Kier alpha value is -2.04. The smallest absolute Gasteiger partial charge is 0.335 e. The van der Waals surface area contributed by atoms with Crippen LogP contribution in [0.2, 0.25) is 0 Å². The van der Waals surface area contributed by atoms with Gasteiger partial charge in [0, 0.05) is 6.54 Å². The maximum absolute atomic E-state index is 12.0. The highest BCUT2D eigenvalue weighted by Gasteiger charge is 2.45. The molecule has 1 aliphatic rings. The summed E-state index contributed by atoms with van der Waals surface area (Å²) in [5.41, 5.74) is 1.69. The zero-order valence-electron chi connectivity index (χ0n) is 10.9. The highest BCUT2D eigenvalue weighted by molar-refractivity contribution is 5.92. The quantitative estimate of drug-likeness (QED) is 0.887. The van der Waals surface area contributed by atoms with Crippen molar-refractivity contribution < 1.29 is 9.90 Å². The van der Waals surface area contributed by atoms with E-state index in [2.05, 4.69) is 18.8 Å².